The van der Waals surface area contributed by atoms with Gasteiger partial charge in [-0.15, -0.1) is 0 Å². The SMILES string of the molecule is COc1ccc(C)cc1NC(=O)CC(=O)N1CCN(c2ccccc2F)CC1. The quantitative estimate of drug-likeness (QED) is 0.804. The third-order valence-electron chi connectivity index (χ3n) is 4.77. The van der Waals surface area contributed by atoms with Crippen molar-refractivity contribution in [2.75, 3.05) is 43.5 Å². The molecule has 1 fully saturated rings. The Morgan fingerprint density at radius 2 is 1.82 bits per heavy atom. The van der Waals surface area contributed by atoms with Crippen LogP contribution in [-0.4, -0.2) is 50.0 Å². The van der Waals surface area contributed by atoms with Gasteiger partial charge in [0, 0.05) is 26.2 Å². The molecule has 0 saturated carbocycles. The molecule has 0 bridgehead atoms. The van der Waals surface area contributed by atoms with E-state index in [-0.39, 0.29) is 24.1 Å². The highest BCUT2D eigenvalue weighted by molar-refractivity contribution is 6.04. The van der Waals surface area contributed by atoms with Crippen LogP contribution in [-0.2, 0) is 9.59 Å². The van der Waals surface area contributed by atoms with Crippen LogP contribution < -0.4 is 15.0 Å². The summed E-state index contributed by atoms with van der Waals surface area (Å²) >= 11 is 0. The Labute approximate surface area is 163 Å². The molecule has 2 aromatic rings. The van der Waals surface area contributed by atoms with E-state index in [1.54, 1.807) is 35.2 Å². The lowest BCUT2D eigenvalue weighted by molar-refractivity contribution is -0.134. The summed E-state index contributed by atoms with van der Waals surface area (Å²) in [6.45, 7) is 3.87. The van der Waals surface area contributed by atoms with Crippen molar-refractivity contribution in [2.45, 2.75) is 13.3 Å². The molecule has 0 aromatic heterocycles. The van der Waals surface area contributed by atoms with Crippen molar-refractivity contribution in [3.8, 4) is 5.75 Å². The van der Waals surface area contributed by atoms with Crippen molar-refractivity contribution >= 4 is 23.2 Å². The normalized spacial score (nSPS) is 14.0. The lowest BCUT2D eigenvalue weighted by atomic mass is 10.2. The molecule has 7 heteroatoms. The second-order valence-corrected chi connectivity index (χ2v) is 6.75. The van der Waals surface area contributed by atoms with E-state index in [1.165, 1.54) is 13.2 Å². The Balaban J connectivity index is 1.54. The molecule has 1 saturated heterocycles. The fourth-order valence-corrected chi connectivity index (χ4v) is 3.27. The van der Waals surface area contributed by atoms with E-state index in [1.807, 2.05) is 17.9 Å². The summed E-state index contributed by atoms with van der Waals surface area (Å²) in [4.78, 5) is 28.3. The maximum Gasteiger partial charge on any atom is 0.233 e. The predicted molar refractivity (Wildman–Crippen MR) is 106 cm³/mol. The molecule has 0 spiro atoms. The first-order valence-electron chi connectivity index (χ1n) is 9.19. The zero-order chi connectivity index (χ0) is 20.1. The Morgan fingerprint density at radius 3 is 2.50 bits per heavy atom. The molecule has 1 heterocycles. The van der Waals surface area contributed by atoms with Gasteiger partial charge in [0.15, 0.2) is 0 Å². The van der Waals surface area contributed by atoms with E-state index in [9.17, 15) is 14.0 Å². The first kappa shape index (κ1) is 19.7. The van der Waals surface area contributed by atoms with Gasteiger partial charge in [0.1, 0.15) is 18.0 Å². The van der Waals surface area contributed by atoms with Crippen LogP contribution in [0.5, 0.6) is 5.75 Å². The maximum absolute atomic E-state index is 13.9. The zero-order valence-electron chi connectivity index (χ0n) is 16.1. The van der Waals surface area contributed by atoms with Crippen LogP contribution >= 0.6 is 0 Å². The minimum atomic E-state index is -0.384. The van der Waals surface area contributed by atoms with Gasteiger partial charge >= 0.3 is 0 Å². The number of nitrogens with one attached hydrogen (secondary N) is 1. The van der Waals surface area contributed by atoms with Crippen LogP contribution in [0, 0.1) is 12.7 Å². The van der Waals surface area contributed by atoms with Gasteiger partial charge in [-0.25, -0.2) is 4.39 Å². The van der Waals surface area contributed by atoms with Crippen LogP contribution in [0.15, 0.2) is 42.5 Å². The molecule has 0 unspecified atom stereocenters. The fraction of sp³-hybridized carbons (Fsp3) is 0.333. The number of nitrogens with zero attached hydrogens (tertiary/aromatic N) is 2. The van der Waals surface area contributed by atoms with E-state index < -0.39 is 0 Å². The fourth-order valence-electron chi connectivity index (χ4n) is 3.27. The van der Waals surface area contributed by atoms with Crippen molar-refractivity contribution in [3.05, 3.63) is 53.8 Å². The summed E-state index contributed by atoms with van der Waals surface area (Å²) in [5.74, 6) is -0.346. The van der Waals surface area contributed by atoms with E-state index >= 15 is 0 Å². The number of ether oxygens (including phenoxy) is 1. The monoisotopic (exact) mass is 385 g/mol. The van der Waals surface area contributed by atoms with Crippen LogP contribution in [0.3, 0.4) is 0 Å². The smallest absolute Gasteiger partial charge is 0.233 e. The van der Waals surface area contributed by atoms with E-state index in [4.69, 9.17) is 4.74 Å². The lowest BCUT2D eigenvalue weighted by Gasteiger charge is -2.36. The topological polar surface area (TPSA) is 61.9 Å². The van der Waals surface area contributed by atoms with Crippen molar-refractivity contribution in [1.82, 2.24) is 4.90 Å². The molecule has 0 radical (unpaired) electrons. The number of carbonyl (C=O) groups is 2. The number of amides is 2. The number of aryl methyl sites for hydroxylation is 1. The van der Waals surface area contributed by atoms with Gasteiger partial charge in [-0.3, -0.25) is 9.59 Å². The van der Waals surface area contributed by atoms with Gasteiger partial charge in [-0.05, 0) is 36.8 Å². The molecule has 0 aliphatic carbocycles. The largest absolute Gasteiger partial charge is 0.495 e. The molecule has 28 heavy (non-hydrogen) atoms. The Morgan fingerprint density at radius 1 is 1.11 bits per heavy atom. The Kier molecular flexibility index (Phi) is 6.13. The highest BCUT2D eigenvalue weighted by atomic mass is 19.1. The first-order valence-corrected chi connectivity index (χ1v) is 9.19. The van der Waals surface area contributed by atoms with Crippen LogP contribution in [0.1, 0.15) is 12.0 Å². The van der Waals surface area contributed by atoms with Gasteiger partial charge in [-0.1, -0.05) is 18.2 Å². The van der Waals surface area contributed by atoms with Gasteiger partial charge in [-0.2, -0.15) is 0 Å². The second kappa shape index (κ2) is 8.73. The van der Waals surface area contributed by atoms with Crippen molar-refractivity contribution in [2.24, 2.45) is 0 Å². The van der Waals surface area contributed by atoms with Gasteiger partial charge < -0.3 is 19.9 Å². The number of hydrogen-bond acceptors (Lipinski definition) is 4. The highest BCUT2D eigenvalue weighted by Gasteiger charge is 2.24. The molecule has 1 aliphatic heterocycles. The Hall–Kier alpha value is -3.09. The lowest BCUT2D eigenvalue weighted by Crippen LogP contribution is -2.49. The molecular weight excluding hydrogens is 361 g/mol. The number of benzene rings is 2. The third-order valence-corrected chi connectivity index (χ3v) is 4.77. The third kappa shape index (κ3) is 4.60. The van der Waals surface area contributed by atoms with E-state index in [0.717, 1.165) is 5.56 Å². The first-order chi connectivity index (χ1) is 13.5. The predicted octanol–water partition coefficient (Wildman–Crippen LogP) is 2.82. The maximum atomic E-state index is 13.9. The minimum absolute atomic E-state index is 0.239. The van der Waals surface area contributed by atoms with Gasteiger partial charge in [0.05, 0.1) is 18.5 Å². The van der Waals surface area contributed by atoms with E-state index in [2.05, 4.69) is 5.32 Å². The summed E-state index contributed by atoms with van der Waals surface area (Å²) in [6, 6.07) is 12.1. The summed E-state index contributed by atoms with van der Waals surface area (Å²) in [6.07, 6.45) is -0.239. The molecule has 2 aromatic carbocycles. The van der Waals surface area contributed by atoms with Crippen LogP contribution in [0.25, 0.3) is 0 Å². The number of anilines is 2. The van der Waals surface area contributed by atoms with Crippen LogP contribution in [0.2, 0.25) is 0 Å². The summed E-state index contributed by atoms with van der Waals surface area (Å²) in [7, 11) is 1.53. The molecular formula is C21H24FN3O3. The number of hydrogen-bond donors (Lipinski definition) is 1. The number of piperazine rings is 1. The molecule has 1 aliphatic rings. The van der Waals surface area contributed by atoms with E-state index in [0.29, 0.717) is 43.3 Å². The number of methoxy groups -OCH3 is 1. The molecule has 1 N–H and O–H groups in total. The molecule has 6 nitrogen and oxygen atoms in total. The second-order valence-electron chi connectivity index (χ2n) is 6.75. The van der Waals surface area contributed by atoms with Gasteiger partial charge in [0.25, 0.3) is 0 Å². The number of halogens is 1. The van der Waals surface area contributed by atoms with Crippen molar-refractivity contribution < 1.29 is 18.7 Å². The average Bonchev–Trinajstić information content (AvgIpc) is 2.68. The molecule has 3 rings (SSSR count). The zero-order valence-corrected chi connectivity index (χ0v) is 16.1. The van der Waals surface area contributed by atoms with Gasteiger partial charge in [0.2, 0.25) is 11.8 Å². The summed E-state index contributed by atoms with van der Waals surface area (Å²) in [5.41, 5.74) is 2.07. The van der Waals surface area contributed by atoms with Crippen molar-refractivity contribution in [3.63, 3.8) is 0 Å². The average molecular weight is 385 g/mol. The van der Waals surface area contributed by atoms with Crippen LogP contribution in [0.4, 0.5) is 15.8 Å². The number of para-hydroxylation sites is 1. The standard InChI is InChI=1S/C21H24FN3O3/c1-15-7-8-19(28-2)17(13-15)23-20(26)14-21(27)25-11-9-24(10-12-25)18-6-4-3-5-16(18)22/h3-8,13H,9-12,14H2,1-2H3,(H,23,26). The van der Waals surface area contributed by atoms with Crippen molar-refractivity contribution in [1.29, 1.82) is 0 Å². The molecule has 0 atom stereocenters. The summed E-state index contributed by atoms with van der Waals surface area (Å²) < 4.78 is 19.2. The minimum Gasteiger partial charge on any atom is -0.495 e. The molecule has 2 amide bonds. The summed E-state index contributed by atoms with van der Waals surface area (Å²) in [5, 5.41) is 2.74. The Bertz CT molecular complexity index is 864. The number of rotatable bonds is 5. The highest BCUT2D eigenvalue weighted by Crippen LogP contribution is 2.25. The molecule has 148 valence electrons. The number of carbonyl (C=O) groups excluding carboxylic acids is 2.